The largest absolute Gasteiger partial charge is 0.454 e. The van der Waals surface area contributed by atoms with Crippen LogP contribution >= 0.6 is 0 Å². The van der Waals surface area contributed by atoms with E-state index in [1.165, 1.54) is 5.56 Å². The molecule has 0 atom stereocenters. The van der Waals surface area contributed by atoms with Crippen LogP contribution in [0.2, 0.25) is 0 Å². The average Bonchev–Trinajstić information content (AvgIpc) is 2.65. The topological polar surface area (TPSA) is 42.5 Å². The van der Waals surface area contributed by atoms with Crippen LogP contribution in [0.1, 0.15) is 5.56 Å². The van der Waals surface area contributed by atoms with Crippen molar-refractivity contribution in [1.82, 2.24) is 10.6 Å². The predicted octanol–water partition coefficient (Wildman–Crippen LogP) is 0.682. The fourth-order valence-corrected chi connectivity index (χ4v) is 1.38. The number of rotatable bonds is 4. The van der Waals surface area contributed by atoms with Crippen molar-refractivity contribution in [2.75, 3.05) is 20.5 Å². The van der Waals surface area contributed by atoms with Crippen molar-refractivity contribution in [1.29, 1.82) is 0 Å². The Balaban J connectivity index is 1.98. The Morgan fingerprint density at radius 1 is 1.29 bits per heavy atom. The summed E-state index contributed by atoms with van der Waals surface area (Å²) in [7, 11) is 1.91. The first-order chi connectivity index (χ1) is 6.90. The zero-order chi connectivity index (χ0) is 9.80. The monoisotopic (exact) mass is 194 g/mol. The highest BCUT2D eigenvalue weighted by atomic mass is 16.7. The minimum absolute atomic E-state index is 0.336. The van der Waals surface area contributed by atoms with Gasteiger partial charge in [-0.05, 0) is 24.7 Å². The van der Waals surface area contributed by atoms with Gasteiger partial charge in [0.15, 0.2) is 11.5 Å². The van der Waals surface area contributed by atoms with Crippen LogP contribution in [0.15, 0.2) is 18.2 Å². The molecule has 0 saturated carbocycles. The summed E-state index contributed by atoms with van der Waals surface area (Å²) >= 11 is 0. The SMILES string of the molecule is CNCNCc1ccc2c(c1)OCO2. The Labute approximate surface area is 83.2 Å². The lowest BCUT2D eigenvalue weighted by atomic mass is 10.2. The molecule has 0 bridgehead atoms. The molecule has 1 aliphatic heterocycles. The van der Waals surface area contributed by atoms with Gasteiger partial charge < -0.3 is 20.1 Å². The minimum Gasteiger partial charge on any atom is -0.454 e. The Hall–Kier alpha value is -1.26. The molecule has 14 heavy (non-hydrogen) atoms. The third-order valence-electron chi connectivity index (χ3n) is 2.07. The molecule has 0 amide bonds. The molecule has 0 spiro atoms. The van der Waals surface area contributed by atoms with E-state index < -0.39 is 0 Å². The van der Waals surface area contributed by atoms with Crippen LogP contribution in [0.4, 0.5) is 0 Å². The molecule has 4 nitrogen and oxygen atoms in total. The molecule has 76 valence electrons. The first-order valence-electron chi connectivity index (χ1n) is 4.64. The average molecular weight is 194 g/mol. The van der Waals surface area contributed by atoms with E-state index in [0.29, 0.717) is 6.79 Å². The second-order valence-electron chi connectivity index (χ2n) is 3.14. The fourth-order valence-electron chi connectivity index (χ4n) is 1.38. The van der Waals surface area contributed by atoms with Crippen molar-refractivity contribution in [3.05, 3.63) is 23.8 Å². The summed E-state index contributed by atoms with van der Waals surface area (Å²) in [5.41, 5.74) is 1.20. The first kappa shape index (κ1) is 9.30. The lowest BCUT2D eigenvalue weighted by Gasteiger charge is -2.04. The van der Waals surface area contributed by atoms with Crippen molar-refractivity contribution in [2.45, 2.75) is 6.54 Å². The number of benzene rings is 1. The zero-order valence-electron chi connectivity index (χ0n) is 8.17. The molecule has 1 aromatic carbocycles. The summed E-state index contributed by atoms with van der Waals surface area (Å²) in [5, 5.41) is 6.26. The molecule has 0 aromatic heterocycles. The molecular weight excluding hydrogens is 180 g/mol. The lowest BCUT2D eigenvalue weighted by molar-refractivity contribution is 0.174. The highest BCUT2D eigenvalue weighted by Gasteiger charge is 2.12. The lowest BCUT2D eigenvalue weighted by Crippen LogP contribution is -2.25. The molecule has 0 fully saturated rings. The standard InChI is InChI=1S/C10H14N2O2/c1-11-6-12-5-8-2-3-9-10(4-8)14-7-13-9/h2-4,11-12H,5-7H2,1H3. The maximum atomic E-state index is 5.28. The van der Waals surface area contributed by atoms with Gasteiger partial charge in [-0.25, -0.2) is 0 Å². The molecule has 0 unspecified atom stereocenters. The second-order valence-corrected chi connectivity index (χ2v) is 3.14. The van der Waals surface area contributed by atoms with E-state index in [1.54, 1.807) is 0 Å². The van der Waals surface area contributed by atoms with Crippen LogP contribution < -0.4 is 20.1 Å². The Morgan fingerprint density at radius 2 is 2.14 bits per heavy atom. The number of hydrogen-bond acceptors (Lipinski definition) is 4. The number of fused-ring (bicyclic) bond motifs is 1. The Morgan fingerprint density at radius 3 is 3.00 bits per heavy atom. The maximum absolute atomic E-state index is 5.28. The van der Waals surface area contributed by atoms with Crippen molar-refractivity contribution in [3.8, 4) is 11.5 Å². The van der Waals surface area contributed by atoms with Gasteiger partial charge >= 0.3 is 0 Å². The van der Waals surface area contributed by atoms with Crippen LogP contribution in [-0.4, -0.2) is 20.5 Å². The predicted molar refractivity (Wildman–Crippen MR) is 53.3 cm³/mol. The van der Waals surface area contributed by atoms with Gasteiger partial charge in [0.25, 0.3) is 0 Å². The summed E-state index contributed by atoms with van der Waals surface area (Å²) in [4.78, 5) is 0. The highest BCUT2D eigenvalue weighted by Crippen LogP contribution is 2.32. The van der Waals surface area contributed by atoms with E-state index in [-0.39, 0.29) is 0 Å². The highest BCUT2D eigenvalue weighted by molar-refractivity contribution is 5.44. The van der Waals surface area contributed by atoms with Crippen molar-refractivity contribution >= 4 is 0 Å². The normalized spacial score (nSPS) is 13.2. The van der Waals surface area contributed by atoms with Gasteiger partial charge in [0, 0.05) is 13.2 Å². The van der Waals surface area contributed by atoms with Gasteiger partial charge in [0.2, 0.25) is 6.79 Å². The molecule has 1 heterocycles. The van der Waals surface area contributed by atoms with Gasteiger partial charge in [0.1, 0.15) is 0 Å². The molecule has 1 aliphatic rings. The molecule has 2 rings (SSSR count). The van der Waals surface area contributed by atoms with E-state index in [0.717, 1.165) is 24.7 Å². The Bertz CT molecular complexity index is 315. The molecule has 2 N–H and O–H groups in total. The van der Waals surface area contributed by atoms with E-state index in [9.17, 15) is 0 Å². The van der Waals surface area contributed by atoms with Gasteiger partial charge in [-0.3, -0.25) is 0 Å². The van der Waals surface area contributed by atoms with Crippen molar-refractivity contribution < 1.29 is 9.47 Å². The smallest absolute Gasteiger partial charge is 0.231 e. The summed E-state index contributed by atoms with van der Waals surface area (Å²) in [5.74, 6) is 1.68. The number of hydrogen-bond donors (Lipinski definition) is 2. The summed E-state index contributed by atoms with van der Waals surface area (Å²) in [6.07, 6.45) is 0. The van der Waals surface area contributed by atoms with Gasteiger partial charge in [-0.2, -0.15) is 0 Å². The third-order valence-corrected chi connectivity index (χ3v) is 2.07. The van der Waals surface area contributed by atoms with Crippen LogP contribution in [0.3, 0.4) is 0 Å². The third kappa shape index (κ3) is 1.97. The summed E-state index contributed by atoms with van der Waals surface area (Å²) < 4.78 is 10.5. The Kier molecular flexibility index (Phi) is 2.86. The number of ether oxygens (including phenoxy) is 2. The van der Waals surface area contributed by atoms with Crippen molar-refractivity contribution in [2.24, 2.45) is 0 Å². The first-order valence-corrected chi connectivity index (χ1v) is 4.64. The van der Waals surface area contributed by atoms with Crippen LogP contribution in [0.5, 0.6) is 11.5 Å². The fraction of sp³-hybridized carbons (Fsp3) is 0.400. The summed E-state index contributed by atoms with van der Waals surface area (Å²) in [6.45, 7) is 1.97. The molecule has 0 aliphatic carbocycles. The van der Waals surface area contributed by atoms with Gasteiger partial charge in [-0.15, -0.1) is 0 Å². The van der Waals surface area contributed by atoms with Gasteiger partial charge in [-0.1, -0.05) is 6.07 Å². The quantitative estimate of drug-likeness (QED) is 0.546. The van der Waals surface area contributed by atoms with Gasteiger partial charge in [0.05, 0.1) is 0 Å². The maximum Gasteiger partial charge on any atom is 0.231 e. The zero-order valence-corrected chi connectivity index (χ0v) is 8.17. The molecule has 1 aromatic rings. The van der Waals surface area contributed by atoms with Crippen molar-refractivity contribution in [3.63, 3.8) is 0 Å². The minimum atomic E-state index is 0.336. The second kappa shape index (κ2) is 4.30. The molecular formula is C10H14N2O2. The van der Waals surface area contributed by atoms with E-state index >= 15 is 0 Å². The molecule has 4 heteroatoms. The van der Waals surface area contributed by atoms with E-state index in [2.05, 4.69) is 10.6 Å². The van der Waals surface area contributed by atoms with E-state index in [4.69, 9.17) is 9.47 Å². The van der Waals surface area contributed by atoms with Crippen LogP contribution in [-0.2, 0) is 6.54 Å². The van der Waals surface area contributed by atoms with Crippen LogP contribution in [0, 0.1) is 0 Å². The van der Waals surface area contributed by atoms with E-state index in [1.807, 2.05) is 25.2 Å². The summed E-state index contributed by atoms with van der Waals surface area (Å²) in [6, 6.07) is 5.99. The number of nitrogens with one attached hydrogen (secondary N) is 2. The van der Waals surface area contributed by atoms with Crippen LogP contribution in [0.25, 0.3) is 0 Å². The molecule has 0 saturated heterocycles. The molecule has 0 radical (unpaired) electrons.